The molecule has 200 valence electrons. The van der Waals surface area contributed by atoms with Gasteiger partial charge in [-0.15, -0.1) is 0 Å². The van der Waals surface area contributed by atoms with Crippen molar-refractivity contribution in [2.45, 2.75) is 32.8 Å². The Balaban J connectivity index is 1.08. The molecule has 1 unspecified atom stereocenters. The zero-order valence-corrected chi connectivity index (χ0v) is 22.5. The number of aryl methyl sites for hydroxylation is 1. The first-order valence-electron chi connectivity index (χ1n) is 13.6. The molecule has 38 heavy (non-hydrogen) atoms. The Morgan fingerprint density at radius 2 is 1.50 bits per heavy atom. The van der Waals surface area contributed by atoms with Gasteiger partial charge in [0.25, 0.3) is 11.8 Å². The summed E-state index contributed by atoms with van der Waals surface area (Å²) in [6.07, 6.45) is -0.571. The van der Waals surface area contributed by atoms with Gasteiger partial charge in [0.1, 0.15) is 18.5 Å². The summed E-state index contributed by atoms with van der Waals surface area (Å²) in [5.41, 5.74) is 3.72. The van der Waals surface area contributed by atoms with Crippen LogP contribution < -0.4 is 4.74 Å². The fraction of sp³-hybridized carbons (Fsp3) is 0.419. The van der Waals surface area contributed by atoms with Crippen LogP contribution in [0.5, 0.6) is 5.75 Å². The van der Waals surface area contributed by atoms with Gasteiger partial charge in [-0.25, -0.2) is 0 Å². The molecule has 0 aromatic heterocycles. The molecule has 7 nitrogen and oxygen atoms in total. The van der Waals surface area contributed by atoms with E-state index in [0.29, 0.717) is 36.7 Å². The Bertz CT molecular complexity index is 1280. The zero-order valence-electron chi connectivity index (χ0n) is 22.5. The number of carbonyl (C=O) groups excluding carboxylic acids is 2. The molecular formula is C31H37N3O4. The van der Waals surface area contributed by atoms with Crippen LogP contribution in [0.25, 0.3) is 10.8 Å². The molecule has 0 bridgehead atoms. The molecule has 0 aliphatic carbocycles. The molecule has 2 aliphatic heterocycles. The summed E-state index contributed by atoms with van der Waals surface area (Å²) >= 11 is 0. The van der Waals surface area contributed by atoms with E-state index in [1.807, 2.05) is 48.5 Å². The van der Waals surface area contributed by atoms with E-state index >= 15 is 0 Å². The maximum atomic E-state index is 13.1. The summed E-state index contributed by atoms with van der Waals surface area (Å²) in [7, 11) is 0. The van der Waals surface area contributed by atoms with E-state index in [1.54, 1.807) is 0 Å². The molecule has 5 rings (SSSR count). The number of benzene rings is 3. The predicted octanol–water partition coefficient (Wildman–Crippen LogP) is 3.93. The van der Waals surface area contributed by atoms with Gasteiger partial charge in [0, 0.05) is 62.3 Å². The molecule has 7 heteroatoms. The topological polar surface area (TPSA) is 73.3 Å². The van der Waals surface area contributed by atoms with Gasteiger partial charge >= 0.3 is 0 Å². The highest BCUT2D eigenvalue weighted by molar-refractivity contribution is 6.25. The maximum absolute atomic E-state index is 13.1. The fourth-order valence-electron chi connectivity index (χ4n) is 5.65. The average molecular weight is 516 g/mol. The van der Waals surface area contributed by atoms with Crippen LogP contribution in [0.4, 0.5) is 0 Å². The van der Waals surface area contributed by atoms with Crippen LogP contribution in [-0.2, 0) is 0 Å². The van der Waals surface area contributed by atoms with E-state index in [-0.39, 0.29) is 18.4 Å². The summed E-state index contributed by atoms with van der Waals surface area (Å²) in [6, 6.07) is 17.4. The Hall–Kier alpha value is -3.26. The molecule has 3 aromatic carbocycles. The van der Waals surface area contributed by atoms with E-state index in [1.165, 1.54) is 16.0 Å². The lowest BCUT2D eigenvalue weighted by Crippen LogP contribution is -2.51. The van der Waals surface area contributed by atoms with Crippen molar-refractivity contribution in [3.63, 3.8) is 0 Å². The zero-order chi connectivity index (χ0) is 26.8. The van der Waals surface area contributed by atoms with Gasteiger partial charge in [-0.1, -0.05) is 44.2 Å². The van der Waals surface area contributed by atoms with Gasteiger partial charge in [0.05, 0.1) is 0 Å². The third kappa shape index (κ3) is 5.46. The lowest BCUT2D eigenvalue weighted by Gasteiger charge is -2.36. The summed E-state index contributed by atoms with van der Waals surface area (Å²) in [6.45, 7) is 11.6. The molecule has 0 saturated carbocycles. The number of aliphatic hydroxyl groups is 1. The minimum Gasteiger partial charge on any atom is -0.491 e. The molecule has 2 aliphatic rings. The number of rotatable bonds is 9. The van der Waals surface area contributed by atoms with Crippen molar-refractivity contribution in [1.82, 2.24) is 14.7 Å². The van der Waals surface area contributed by atoms with Gasteiger partial charge in [0.15, 0.2) is 0 Å². The van der Waals surface area contributed by atoms with Crippen molar-refractivity contribution < 1.29 is 19.4 Å². The van der Waals surface area contributed by atoms with Crippen molar-refractivity contribution >= 4 is 22.6 Å². The molecule has 1 N–H and O–H groups in total. The van der Waals surface area contributed by atoms with Gasteiger partial charge in [-0.2, -0.15) is 0 Å². The number of ether oxygens (including phenoxy) is 1. The summed E-state index contributed by atoms with van der Waals surface area (Å²) in [4.78, 5) is 32.2. The highest BCUT2D eigenvalue weighted by Gasteiger charge is 2.33. The van der Waals surface area contributed by atoms with Gasteiger partial charge < -0.3 is 9.84 Å². The predicted molar refractivity (Wildman–Crippen MR) is 149 cm³/mol. The smallest absolute Gasteiger partial charge is 0.261 e. The van der Waals surface area contributed by atoms with Crippen LogP contribution >= 0.6 is 0 Å². The Morgan fingerprint density at radius 3 is 2.11 bits per heavy atom. The number of carbonyl (C=O) groups is 2. The number of piperazine rings is 1. The number of hydrogen-bond acceptors (Lipinski definition) is 6. The lowest BCUT2D eigenvalue weighted by molar-refractivity contribution is 0.0416. The van der Waals surface area contributed by atoms with E-state index < -0.39 is 6.10 Å². The number of amides is 2. The third-order valence-corrected chi connectivity index (χ3v) is 7.74. The van der Waals surface area contributed by atoms with Crippen molar-refractivity contribution in [1.29, 1.82) is 0 Å². The Kier molecular flexibility index (Phi) is 7.79. The summed E-state index contributed by atoms with van der Waals surface area (Å²) < 4.78 is 5.86. The van der Waals surface area contributed by atoms with Gasteiger partial charge in [-0.05, 0) is 53.6 Å². The maximum Gasteiger partial charge on any atom is 0.261 e. The average Bonchev–Trinajstić information content (AvgIpc) is 2.91. The first kappa shape index (κ1) is 26.4. The largest absolute Gasteiger partial charge is 0.491 e. The molecular weight excluding hydrogens is 478 g/mol. The number of imide groups is 1. The summed E-state index contributed by atoms with van der Waals surface area (Å²) in [5, 5.41) is 12.2. The standard InChI is InChI=1S/C31H37N3O4/c1-21(2)26-11-10-25(18-22(26)3)38-20-24(35)19-33-14-12-32(13-15-33)16-17-34-30(36)27-8-4-6-23-7-5-9-28(29(23)27)31(34)37/h4-11,18,21,24,35H,12-17,19-20H2,1-3H3. The Morgan fingerprint density at radius 1 is 0.868 bits per heavy atom. The molecule has 0 radical (unpaired) electrons. The fourth-order valence-corrected chi connectivity index (χ4v) is 5.65. The molecule has 1 atom stereocenters. The number of β-amino-alcohol motifs (C(OH)–C–C–N with tert-alkyl or cyclic N) is 1. The second kappa shape index (κ2) is 11.2. The van der Waals surface area contributed by atoms with E-state index in [2.05, 4.69) is 36.6 Å². The molecule has 3 aromatic rings. The highest BCUT2D eigenvalue weighted by atomic mass is 16.5. The normalized spacial score (nSPS) is 17.4. The summed E-state index contributed by atoms with van der Waals surface area (Å²) in [5.74, 6) is 0.836. The van der Waals surface area contributed by atoms with Crippen molar-refractivity contribution in [2.75, 3.05) is 52.4 Å². The van der Waals surface area contributed by atoms with Crippen molar-refractivity contribution in [3.05, 3.63) is 76.9 Å². The Labute approximate surface area is 224 Å². The van der Waals surface area contributed by atoms with Crippen molar-refractivity contribution in [3.8, 4) is 5.75 Å². The molecule has 2 amide bonds. The number of aliphatic hydroxyl groups excluding tert-OH is 1. The second-order valence-electron chi connectivity index (χ2n) is 10.8. The van der Waals surface area contributed by atoms with Crippen LogP contribution in [0.1, 0.15) is 51.6 Å². The first-order chi connectivity index (χ1) is 18.3. The molecule has 1 saturated heterocycles. The van der Waals surface area contributed by atoms with E-state index in [9.17, 15) is 14.7 Å². The van der Waals surface area contributed by atoms with Gasteiger partial charge in [0.2, 0.25) is 0 Å². The minimum absolute atomic E-state index is 0.213. The first-order valence-corrected chi connectivity index (χ1v) is 13.6. The third-order valence-electron chi connectivity index (χ3n) is 7.74. The van der Waals surface area contributed by atoms with Crippen LogP contribution in [-0.4, -0.2) is 90.1 Å². The van der Waals surface area contributed by atoms with Crippen LogP contribution in [0.3, 0.4) is 0 Å². The van der Waals surface area contributed by atoms with Crippen LogP contribution in [0.15, 0.2) is 54.6 Å². The monoisotopic (exact) mass is 515 g/mol. The van der Waals surface area contributed by atoms with Crippen LogP contribution in [0, 0.1) is 6.92 Å². The second-order valence-corrected chi connectivity index (χ2v) is 10.8. The highest BCUT2D eigenvalue weighted by Crippen LogP contribution is 2.30. The minimum atomic E-state index is -0.571. The van der Waals surface area contributed by atoms with Gasteiger partial charge in [-0.3, -0.25) is 24.3 Å². The number of nitrogens with zero attached hydrogens (tertiary/aromatic N) is 3. The van der Waals surface area contributed by atoms with Crippen LogP contribution in [0.2, 0.25) is 0 Å². The van der Waals surface area contributed by atoms with E-state index in [4.69, 9.17) is 4.74 Å². The molecule has 0 spiro atoms. The molecule has 2 heterocycles. The van der Waals surface area contributed by atoms with Crippen molar-refractivity contribution in [2.24, 2.45) is 0 Å². The number of hydrogen-bond donors (Lipinski definition) is 1. The SMILES string of the molecule is Cc1cc(OCC(O)CN2CCN(CCN3C(=O)c4cccc5cccc(c45)C3=O)CC2)ccc1C(C)C. The molecule has 1 fully saturated rings. The quantitative estimate of drug-likeness (QED) is 0.436. The lowest BCUT2D eigenvalue weighted by atomic mass is 9.94. The van der Waals surface area contributed by atoms with E-state index in [0.717, 1.165) is 42.7 Å².